The van der Waals surface area contributed by atoms with Gasteiger partial charge in [-0.15, -0.1) is 0 Å². The highest BCUT2D eigenvalue weighted by molar-refractivity contribution is 5.97. The van der Waals surface area contributed by atoms with Crippen LogP contribution in [0.4, 0.5) is 5.69 Å². The summed E-state index contributed by atoms with van der Waals surface area (Å²) in [7, 11) is 0. The molecule has 3 aromatic rings. The van der Waals surface area contributed by atoms with Crippen LogP contribution >= 0.6 is 0 Å². The molecule has 0 spiro atoms. The number of pyridine rings is 1. The van der Waals surface area contributed by atoms with Crippen LogP contribution in [0, 0.1) is 6.92 Å². The van der Waals surface area contributed by atoms with E-state index in [0.717, 1.165) is 60.3 Å². The Morgan fingerprint density at radius 2 is 1.69 bits per heavy atom. The minimum atomic E-state index is -0.261. The first-order valence-corrected chi connectivity index (χ1v) is 14.8. The number of carbonyl (C=O) groups is 2. The number of aromatic nitrogens is 1. The highest BCUT2D eigenvalue weighted by Gasteiger charge is 2.23. The second-order valence-corrected chi connectivity index (χ2v) is 10.7. The fourth-order valence-corrected chi connectivity index (χ4v) is 5.55. The van der Waals surface area contributed by atoms with Gasteiger partial charge in [0, 0.05) is 67.0 Å². The molecular weight excluding hydrogens is 532 g/mol. The van der Waals surface area contributed by atoms with Crippen LogP contribution in [0.3, 0.4) is 0 Å². The monoisotopic (exact) mass is 574 g/mol. The van der Waals surface area contributed by atoms with E-state index in [1.165, 1.54) is 0 Å². The predicted molar refractivity (Wildman–Crippen MR) is 165 cm³/mol. The molecule has 4 rings (SSSR count). The fourth-order valence-electron chi connectivity index (χ4n) is 5.55. The number of hydrogen-bond acceptors (Lipinski definition) is 6. The van der Waals surface area contributed by atoms with Crippen LogP contribution in [-0.4, -0.2) is 60.9 Å². The maximum atomic E-state index is 13.6. The van der Waals surface area contributed by atoms with Crippen molar-refractivity contribution < 1.29 is 19.4 Å². The van der Waals surface area contributed by atoms with Crippen LogP contribution in [0.15, 0.2) is 53.3 Å². The molecule has 0 bridgehead atoms. The minimum Gasteiger partial charge on any atom is -0.395 e. The van der Waals surface area contributed by atoms with Crippen molar-refractivity contribution in [2.45, 2.75) is 59.0 Å². The summed E-state index contributed by atoms with van der Waals surface area (Å²) in [5, 5.41) is 14.7. The van der Waals surface area contributed by atoms with E-state index in [1.807, 2.05) is 37.3 Å². The molecule has 2 aromatic carbocycles. The zero-order chi connectivity index (χ0) is 30.1. The molecule has 1 saturated heterocycles. The molecule has 2 heterocycles. The zero-order valence-electron chi connectivity index (χ0n) is 24.8. The summed E-state index contributed by atoms with van der Waals surface area (Å²) >= 11 is 0. The van der Waals surface area contributed by atoms with Crippen molar-refractivity contribution >= 4 is 17.5 Å². The van der Waals surface area contributed by atoms with Gasteiger partial charge in [0.15, 0.2) is 0 Å². The Morgan fingerprint density at radius 3 is 2.36 bits per heavy atom. The minimum absolute atomic E-state index is 0.124. The molecule has 4 N–H and O–H groups in total. The van der Waals surface area contributed by atoms with Gasteiger partial charge in [-0.1, -0.05) is 25.5 Å². The molecule has 0 aliphatic carbocycles. The second kappa shape index (κ2) is 14.8. The Bertz CT molecular complexity index is 1430. The van der Waals surface area contributed by atoms with Gasteiger partial charge in [0.1, 0.15) is 0 Å². The molecule has 9 heteroatoms. The normalized spacial score (nSPS) is 13.5. The number of nitrogens with one attached hydrogen (secondary N) is 3. The lowest BCUT2D eigenvalue weighted by atomic mass is 9.98. The average molecular weight is 575 g/mol. The highest BCUT2D eigenvalue weighted by atomic mass is 16.5. The number of ether oxygens (including phenoxy) is 1. The molecule has 1 aromatic heterocycles. The number of carbonyl (C=O) groups excluding carboxylic acids is 2. The van der Waals surface area contributed by atoms with Crippen LogP contribution in [0.1, 0.15) is 70.6 Å². The maximum Gasteiger partial charge on any atom is 0.253 e. The molecule has 1 aliphatic rings. The second-order valence-electron chi connectivity index (χ2n) is 10.7. The summed E-state index contributed by atoms with van der Waals surface area (Å²) in [5.74, 6) is -0.516. The van der Waals surface area contributed by atoms with Crippen molar-refractivity contribution in [3.8, 4) is 11.1 Å². The molecule has 2 amide bonds. The quantitative estimate of drug-likeness (QED) is 0.260. The van der Waals surface area contributed by atoms with E-state index >= 15 is 0 Å². The third-order valence-electron chi connectivity index (χ3n) is 7.67. The van der Waals surface area contributed by atoms with Crippen molar-refractivity contribution in [2.75, 3.05) is 37.8 Å². The van der Waals surface area contributed by atoms with Crippen LogP contribution in [0.2, 0.25) is 0 Å². The number of benzene rings is 2. The summed E-state index contributed by atoms with van der Waals surface area (Å²) in [4.78, 5) is 43.9. The topological polar surface area (TPSA) is 124 Å². The number of amides is 2. The first-order chi connectivity index (χ1) is 20.3. The van der Waals surface area contributed by atoms with Crippen LogP contribution in [0.5, 0.6) is 0 Å². The summed E-state index contributed by atoms with van der Waals surface area (Å²) in [5.41, 5.74) is 5.82. The van der Waals surface area contributed by atoms with E-state index in [2.05, 4.69) is 40.4 Å². The standard InChI is InChI=1S/C33H42N4O5/c1-4-6-25-17-22(3)36-33(41)30(25)21-35-32(40)27-18-26(23-7-9-24(10-8-23)31(39)34-13-14-38)19-29(20-27)37(5-2)28-11-15-42-16-12-28/h7-10,17-20,28,38H,4-6,11-16,21H2,1-3H3,(H,34,39)(H,35,40)(H,36,41). The largest absolute Gasteiger partial charge is 0.395 e. The number of rotatable bonds is 12. The van der Waals surface area contributed by atoms with Crippen molar-refractivity contribution in [3.05, 3.63) is 86.8 Å². The Hall–Kier alpha value is -3.95. The SMILES string of the molecule is CCCc1cc(C)[nH]c(=O)c1CNC(=O)c1cc(-c2ccc(C(=O)NCCO)cc2)cc(N(CC)C2CCOCC2)c1. The van der Waals surface area contributed by atoms with Gasteiger partial charge in [-0.25, -0.2) is 0 Å². The van der Waals surface area contributed by atoms with E-state index in [1.54, 1.807) is 12.1 Å². The molecule has 0 atom stereocenters. The fraction of sp³-hybridized carbons (Fsp3) is 0.424. The van der Waals surface area contributed by atoms with Crippen molar-refractivity contribution in [2.24, 2.45) is 0 Å². The van der Waals surface area contributed by atoms with Crippen molar-refractivity contribution in [1.29, 1.82) is 0 Å². The first-order valence-electron chi connectivity index (χ1n) is 14.8. The van der Waals surface area contributed by atoms with Gasteiger partial charge in [0.2, 0.25) is 0 Å². The summed E-state index contributed by atoms with van der Waals surface area (Å²) < 4.78 is 5.59. The van der Waals surface area contributed by atoms with Gasteiger partial charge in [-0.3, -0.25) is 14.4 Å². The lowest BCUT2D eigenvalue weighted by Gasteiger charge is -2.35. The highest BCUT2D eigenvalue weighted by Crippen LogP contribution is 2.30. The van der Waals surface area contributed by atoms with E-state index in [0.29, 0.717) is 35.9 Å². The molecule has 0 radical (unpaired) electrons. The van der Waals surface area contributed by atoms with E-state index in [4.69, 9.17) is 9.84 Å². The number of aromatic amines is 1. The smallest absolute Gasteiger partial charge is 0.253 e. The number of hydrogen-bond donors (Lipinski definition) is 4. The Kier molecular flexibility index (Phi) is 10.9. The Morgan fingerprint density at radius 1 is 0.976 bits per heavy atom. The predicted octanol–water partition coefficient (Wildman–Crippen LogP) is 3.96. The number of aryl methyl sites for hydroxylation is 2. The van der Waals surface area contributed by atoms with Gasteiger partial charge < -0.3 is 30.4 Å². The van der Waals surface area contributed by atoms with Crippen molar-refractivity contribution in [3.63, 3.8) is 0 Å². The van der Waals surface area contributed by atoms with Crippen LogP contribution < -0.4 is 21.1 Å². The van der Waals surface area contributed by atoms with Crippen LogP contribution in [0.25, 0.3) is 11.1 Å². The van der Waals surface area contributed by atoms with Gasteiger partial charge in [0.05, 0.1) is 6.61 Å². The maximum absolute atomic E-state index is 13.6. The lowest BCUT2D eigenvalue weighted by molar-refractivity contribution is 0.0846. The number of H-pyrrole nitrogens is 1. The van der Waals surface area contributed by atoms with Crippen molar-refractivity contribution in [1.82, 2.24) is 15.6 Å². The number of aliphatic hydroxyl groups is 1. The van der Waals surface area contributed by atoms with Gasteiger partial charge in [-0.2, -0.15) is 0 Å². The van der Waals surface area contributed by atoms with Gasteiger partial charge in [0.25, 0.3) is 17.4 Å². The molecule has 42 heavy (non-hydrogen) atoms. The molecule has 0 unspecified atom stereocenters. The molecule has 9 nitrogen and oxygen atoms in total. The van der Waals surface area contributed by atoms with Crippen LogP contribution in [-0.2, 0) is 17.7 Å². The first kappa shape index (κ1) is 31.0. The third-order valence-corrected chi connectivity index (χ3v) is 7.67. The molecule has 224 valence electrons. The lowest BCUT2D eigenvalue weighted by Crippen LogP contribution is -2.39. The molecule has 1 aliphatic heterocycles. The molecule has 1 fully saturated rings. The number of aliphatic hydroxyl groups excluding tert-OH is 1. The van der Waals surface area contributed by atoms with E-state index < -0.39 is 0 Å². The third kappa shape index (κ3) is 7.66. The average Bonchev–Trinajstić information content (AvgIpc) is 3.00. The zero-order valence-corrected chi connectivity index (χ0v) is 24.8. The Labute approximate surface area is 247 Å². The molecule has 0 saturated carbocycles. The summed E-state index contributed by atoms with van der Waals surface area (Å²) in [6.45, 7) is 8.44. The van der Waals surface area contributed by atoms with E-state index in [-0.39, 0.29) is 37.1 Å². The number of anilines is 1. The van der Waals surface area contributed by atoms with E-state index in [9.17, 15) is 14.4 Å². The Balaban J connectivity index is 1.66. The van der Waals surface area contributed by atoms with Gasteiger partial charge >= 0.3 is 0 Å². The summed E-state index contributed by atoms with van der Waals surface area (Å²) in [6.07, 6.45) is 3.48. The summed E-state index contributed by atoms with van der Waals surface area (Å²) in [6, 6.07) is 15.3. The molecular formula is C33H42N4O5. The van der Waals surface area contributed by atoms with Gasteiger partial charge in [-0.05, 0) is 86.2 Å². The number of nitrogens with zero attached hydrogens (tertiary/aromatic N) is 1.